The number of likely N-dealkylation sites (N-methyl/N-ethyl adjacent to an activating group) is 1. The third kappa shape index (κ3) is 3.24. The molecule has 1 aromatic rings. The van der Waals surface area contributed by atoms with E-state index in [0.717, 1.165) is 28.9 Å². The van der Waals surface area contributed by atoms with Crippen LogP contribution in [0.25, 0.3) is 0 Å². The predicted molar refractivity (Wildman–Crippen MR) is 83.3 cm³/mol. The van der Waals surface area contributed by atoms with E-state index in [2.05, 4.69) is 15.5 Å². The van der Waals surface area contributed by atoms with Crippen LogP contribution >= 0.6 is 23.1 Å². The van der Waals surface area contributed by atoms with Crippen LogP contribution in [0, 0.1) is 5.92 Å². The number of nitrogens with zero attached hydrogens (tertiary/aromatic N) is 3. The Bertz CT molecular complexity index is 474. The molecule has 1 heterocycles. The Hall–Kier alpha value is -0.860. The van der Waals surface area contributed by atoms with Gasteiger partial charge in [0, 0.05) is 19.8 Å². The van der Waals surface area contributed by atoms with Crippen molar-refractivity contribution in [1.82, 2.24) is 15.5 Å². The second-order valence-corrected chi connectivity index (χ2v) is 7.35. The van der Waals surface area contributed by atoms with Crippen LogP contribution in [-0.4, -0.2) is 48.0 Å². The highest BCUT2D eigenvalue weighted by molar-refractivity contribution is 8.01. The lowest BCUT2D eigenvalue weighted by atomic mass is 9.94. The Kier molecular flexibility index (Phi) is 4.87. The van der Waals surface area contributed by atoms with E-state index >= 15 is 0 Å². The van der Waals surface area contributed by atoms with E-state index in [1.54, 1.807) is 11.8 Å². The van der Waals surface area contributed by atoms with Crippen LogP contribution in [0.15, 0.2) is 4.34 Å². The van der Waals surface area contributed by atoms with Gasteiger partial charge in [0.2, 0.25) is 11.0 Å². The number of carbonyl (C=O) groups is 1. The molecule has 0 aromatic carbocycles. The van der Waals surface area contributed by atoms with E-state index in [9.17, 15) is 4.79 Å². The predicted octanol–water partition coefficient (Wildman–Crippen LogP) is 0.940. The summed E-state index contributed by atoms with van der Waals surface area (Å²) in [5.41, 5.74) is 5.05. The van der Waals surface area contributed by atoms with Crippen LogP contribution in [0.4, 0.5) is 5.13 Å². The Morgan fingerprint density at radius 2 is 2.25 bits per heavy atom. The zero-order chi connectivity index (χ0) is 14.8. The first-order valence-electron chi connectivity index (χ1n) is 6.68. The van der Waals surface area contributed by atoms with Crippen molar-refractivity contribution in [2.24, 2.45) is 11.7 Å². The van der Waals surface area contributed by atoms with Gasteiger partial charge in [-0.2, -0.15) is 0 Å². The van der Waals surface area contributed by atoms with E-state index in [-0.39, 0.29) is 5.91 Å². The van der Waals surface area contributed by atoms with Gasteiger partial charge in [0.25, 0.3) is 0 Å². The first-order valence-corrected chi connectivity index (χ1v) is 8.48. The van der Waals surface area contributed by atoms with Crippen molar-refractivity contribution in [3.8, 4) is 0 Å². The number of carbonyl (C=O) groups excluding carboxylic acids is 1. The molecule has 0 aliphatic heterocycles. The Morgan fingerprint density at radius 1 is 1.55 bits per heavy atom. The standard InChI is InChI=1S/C12H21N5OS2/c1-4-14-12(9(13)18,8-5-6-8)7-19-11-16-15-10(20-11)17(2)3/h8,14H,4-7H2,1-3H3,(H2,13,18). The first-order chi connectivity index (χ1) is 9.49. The van der Waals surface area contributed by atoms with Crippen molar-refractivity contribution in [3.05, 3.63) is 0 Å². The number of amides is 1. The molecule has 1 atom stereocenters. The molecule has 1 aliphatic rings. The second kappa shape index (κ2) is 6.28. The number of rotatable bonds is 8. The molecular weight excluding hydrogens is 294 g/mol. The lowest BCUT2D eigenvalue weighted by Crippen LogP contribution is -2.59. The van der Waals surface area contributed by atoms with Gasteiger partial charge >= 0.3 is 0 Å². The van der Waals surface area contributed by atoms with Crippen molar-refractivity contribution < 1.29 is 4.79 Å². The summed E-state index contributed by atoms with van der Waals surface area (Å²) in [5.74, 6) is 0.712. The molecule has 0 radical (unpaired) electrons. The highest BCUT2D eigenvalue weighted by atomic mass is 32.2. The normalized spacial score (nSPS) is 17.8. The van der Waals surface area contributed by atoms with E-state index in [0.29, 0.717) is 11.7 Å². The molecule has 0 bridgehead atoms. The average molecular weight is 315 g/mol. The molecular formula is C12H21N5OS2. The number of aromatic nitrogens is 2. The van der Waals surface area contributed by atoms with Crippen molar-refractivity contribution in [2.75, 3.05) is 31.3 Å². The minimum Gasteiger partial charge on any atom is -0.368 e. The number of hydrogen-bond acceptors (Lipinski definition) is 7. The quantitative estimate of drug-likeness (QED) is 0.695. The van der Waals surface area contributed by atoms with Gasteiger partial charge in [-0.05, 0) is 25.3 Å². The minimum atomic E-state index is -0.608. The Labute approximate surface area is 127 Å². The minimum absolute atomic E-state index is 0.258. The van der Waals surface area contributed by atoms with Gasteiger partial charge in [-0.15, -0.1) is 10.2 Å². The molecule has 1 unspecified atom stereocenters. The zero-order valence-electron chi connectivity index (χ0n) is 12.0. The molecule has 8 heteroatoms. The number of nitrogens with one attached hydrogen (secondary N) is 1. The summed E-state index contributed by atoms with van der Waals surface area (Å²) in [6.07, 6.45) is 2.13. The Morgan fingerprint density at radius 3 is 2.70 bits per heavy atom. The van der Waals surface area contributed by atoms with E-state index in [1.807, 2.05) is 25.9 Å². The molecule has 1 saturated carbocycles. The van der Waals surface area contributed by atoms with Crippen LogP contribution in [0.2, 0.25) is 0 Å². The summed E-state index contributed by atoms with van der Waals surface area (Å²) in [5, 5.41) is 12.4. The van der Waals surface area contributed by atoms with E-state index in [1.165, 1.54) is 11.3 Å². The second-order valence-electron chi connectivity index (χ2n) is 5.17. The molecule has 0 spiro atoms. The molecule has 112 valence electrons. The van der Waals surface area contributed by atoms with Gasteiger partial charge < -0.3 is 16.0 Å². The fourth-order valence-electron chi connectivity index (χ4n) is 2.18. The summed E-state index contributed by atoms with van der Waals surface area (Å²) < 4.78 is 0.873. The van der Waals surface area contributed by atoms with Crippen LogP contribution in [0.5, 0.6) is 0 Å². The topological polar surface area (TPSA) is 84.1 Å². The van der Waals surface area contributed by atoms with Gasteiger partial charge in [0.1, 0.15) is 5.54 Å². The SMILES string of the molecule is CCNC(CSc1nnc(N(C)C)s1)(C(N)=O)C1CC1. The summed E-state index contributed by atoms with van der Waals surface area (Å²) >= 11 is 3.09. The number of anilines is 1. The first kappa shape index (κ1) is 15.5. The third-order valence-electron chi connectivity index (χ3n) is 3.41. The molecule has 1 aromatic heterocycles. The summed E-state index contributed by atoms with van der Waals surface area (Å²) in [7, 11) is 3.87. The molecule has 20 heavy (non-hydrogen) atoms. The highest BCUT2D eigenvalue weighted by Gasteiger charge is 2.49. The van der Waals surface area contributed by atoms with Gasteiger partial charge in [-0.1, -0.05) is 30.0 Å². The van der Waals surface area contributed by atoms with Crippen LogP contribution < -0.4 is 16.0 Å². The summed E-state index contributed by atoms with van der Waals surface area (Å²) in [6.45, 7) is 2.74. The van der Waals surface area contributed by atoms with Crippen LogP contribution in [0.1, 0.15) is 19.8 Å². The fraction of sp³-hybridized carbons (Fsp3) is 0.750. The maximum atomic E-state index is 11.9. The molecule has 0 saturated heterocycles. The van der Waals surface area contributed by atoms with Crippen molar-refractivity contribution in [3.63, 3.8) is 0 Å². The molecule has 1 fully saturated rings. The third-order valence-corrected chi connectivity index (χ3v) is 5.83. The lowest BCUT2D eigenvalue weighted by molar-refractivity contribution is -0.124. The number of hydrogen-bond donors (Lipinski definition) is 2. The smallest absolute Gasteiger partial charge is 0.238 e. The van der Waals surface area contributed by atoms with Gasteiger partial charge in [-0.3, -0.25) is 4.79 Å². The largest absolute Gasteiger partial charge is 0.368 e. The van der Waals surface area contributed by atoms with Crippen molar-refractivity contribution in [1.29, 1.82) is 0 Å². The van der Waals surface area contributed by atoms with E-state index in [4.69, 9.17) is 5.73 Å². The maximum absolute atomic E-state index is 11.9. The number of thioether (sulfide) groups is 1. The molecule has 2 rings (SSSR count). The van der Waals surface area contributed by atoms with Gasteiger partial charge in [0.15, 0.2) is 4.34 Å². The molecule has 1 amide bonds. The van der Waals surface area contributed by atoms with Crippen LogP contribution in [-0.2, 0) is 4.79 Å². The average Bonchev–Trinajstić information content (AvgIpc) is 3.12. The Balaban J connectivity index is 2.06. The highest BCUT2D eigenvalue weighted by Crippen LogP contribution is 2.42. The molecule has 6 nitrogen and oxygen atoms in total. The summed E-state index contributed by atoms with van der Waals surface area (Å²) in [4.78, 5) is 13.9. The van der Waals surface area contributed by atoms with Gasteiger partial charge in [0.05, 0.1) is 0 Å². The van der Waals surface area contributed by atoms with Gasteiger partial charge in [-0.25, -0.2) is 0 Å². The van der Waals surface area contributed by atoms with E-state index < -0.39 is 5.54 Å². The zero-order valence-corrected chi connectivity index (χ0v) is 13.7. The summed E-state index contributed by atoms with van der Waals surface area (Å²) in [6, 6.07) is 0. The number of primary amides is 1. The van der Waals surface area contributed by atoms with Crippen molar-refractivity contribution >= 4 is 34.1 Å². The maximum Gasteiger partial charge on any atom is 0.238 e. The van der Waals surface area contributed by atoms with Crippen molar-refractivity contribution in [2.45, 2.75) is 29.6 Å². The molecule has 1 aliphatic carbocycles. The van der Waals surface area contributed by atoms with Crippen LogP contribution in [0.3, 0.4) is 0 Å². The lowest BCUT2D eigenvalue weighted by Gasteiger charge is -2.31. The fourth-order valence-corrected chi connectivity index (χ4v) is 4.25. The number of nitrogens with two attached hydrogens (primary N) is 1. The monoisotopic (exact) mass is 315 g/mol. The molecule has 3 N–H and O–H groups in total.